The van der Waals surface area contributed by atoms with Gasteiger partial charge in [-0.1, -0.05) is 18.2 Å². The van der Waals surface area contributed by atoms with Gasteiger partial charge < -0.3 is 16.0 Å². The van der Waals surface area contributed by atoms with Gasteiger partial charge in [0.15, 0.2) is 5.65 Å². The predicted molar refractivity (Wildman–Crippen MR) is 131 cm³/mol. The van der Waals surface area contributed by atoms with Gasteiger partial charge >= 0.3 is 6.18 Å². The van der Waals surface area contributed by atoms with Crippen LogP contribution in [0.2, 0.25) is 0 Å². The van der Waals surface area contributed by atoms with E-state index in [-0.39, 0.29) is 5.91 Å². The van der Waals surface area contributed by atoms with Crippen LogP contribution in [0.25, 0.3) is 16.9 Å². The maximum atomic E-state index is 12.9. The number of halogens is 3. The standard InChI is InChI=1S/C26H25F3N6O/c27-26(28,29)20-8-4-18(5-9-20)22-2-1-3-23-33-25(34-35(22)23)32-21-10-6-19(7-11-21)24(36)31-16-17-12-14-30-15-13-17/h1-11,17,30H,12-16H2,(H,31,36)(H,32,34). The van der Waals surface area contributed by atoms with Crippen molar-refractivity contribution in [1.29, 1.82) is 0 Å². The first kappa shape index (κ1) is 23.8. The van der Waals surface area contributed by atoms with E-state index >= 15 is 0 Å². The molecule has 0 unspecified atom stereocenters. The molecule has 1 saturated heterocycles. The fourth-order valence-corrected chi connectivity index (χ4v) is 4.27. The zero-order valence-corrected chi connectivity index (χ0v) is 19.3. The zero-order chi connectivity index (χ0) is 25.1. The molecule has 5 rings (SSSR count). The number of carbonyl (C=O) groups is 1. The summed E-state index contributed by atoms with van der Waals surface area (Å²) in [6.45, 7) is 2.65. The van der Waals surface area contributed by atoms with Crippen molar-refractivity contribution in [3.63, 3.8) is 0 Å². The van der Waals surface area contributed by atoms with Crippen LogP contribution < -0.4 is 16.0 Å². The third-order valence-electron chi connectivity index (χ3n) is 6.28. The molecule has 36 heavy (non-hydrogen) atoms. The van der Waals surface area contributed by atoms with Gasteiger partial charge in [0.25, 0.3) is 5.91 Å². The van der Waals surface area contributed by atoms with Crippen molar-refractivity contribution in [2.24, 2.45) is 5.92 Å². The fraction of sp³-hybridized carbons (Fsp3) is 0.269. The number of alkyl halides is 3. The highest BCUT2D eigenvalue weighted by Gasteiger charge is 2.30. The quantitative estimate of drug-likeness (QED) is 0.356. The predicted octanol–water partition coefficient (Wildman–Crippen LogP) is 4.89. The van der Waals surface area contributed by atoms with Gasteiger partial charge in [0.1, 0.15) is 0 Å². The molecule has 1 aliphatic heterocycles. The highest BCUT2D eigenvalue weighted by atomic mass is 19.4. The second-order valence-electron chi connectivity index (χ2n) is 8.80. The summed E-state index contributed by atoms with van der Waals surface area (Å²) in [7, 11) is 0. The summed E-state index contributed by atoms with van der Waals surface area (Å²) in [5, 5.41) is 13.9. The minimum absolute atomic E-state index is 0.105. The van der Waals surface area contributed by atoms with Crippen LogP contribution in [0.4, 0.5) is 24.8 Å². The lowest BCUT2D eigenvalue weighted by molar-refractivity contribution is -0.137. The molecule has 7 nitrogen and oxygen atoms in total. The Labute approximate surface area is 205 Å². The fourth-order valence-electron chi connectivity index (χ4n) is 4.27. The Morgan fingerprint density at radius 1 is 1.00 bits per heavy atom. The molecule has 3 N–H and O–H groups in total. The normalized spacial score (nSPS) is 14.6. The summed E-state index contributed by atoms with van der Waals surface area (Å²) in [5.74, 6) is 0.731. The van der Waals surface area contributed by atoms with Crippen molar-refractivity contribution in [3.05, 3.63) is 77.9 Å². The molecule has 0 aliphatic carbocycles. The van der Waals surface area contributed by atoms with E-state index in [4.69, 9.17) is 0 Å². The number of hydrogen-bond donors (Lipinski definition) is 3. The van der Waals surface area contributed by atoms with Crippen LogP contribution in [0.5, 0.6) is 0 Å². The topological polar surface area (TPSA) is 83.4 Å². The number of piperidine rings is 1. The van der Waals surface area contributed by atoms with Crippen LogP contribution in [0.15, 0.2) is 66.7 Å². The molecule has 0 spiro atoms. The smallest absolute Gasteiger partial charge is 0.352 e. The molecule has 2 aromatic carbocycles. The van der Waals surface area contributed by atoms with Gasteiger partial charge in [-0.15, -0.1) is 5.10 Å². The highest BCUT2D eigenvalue weighted by Crippen LogP contribution is 2.31. The number of carbonyl (C=O) groups excluding carboxylic acids is 1. The number of benzene rings is 2. The number of amides is 1. The van der Waals surface area contributed by atoms with Gasteiger partial charge in [0.05, 0.1) is 11.3 Å². The third kappa shape index (κ3) is 5.33. The van der Waals surface area contributed by atoms with Gasteiger partial charge in [0, 0.05) is 23.4 Å². The lowest BCUT2D eigenvalue weighted by Gasteiger charge is -2.22. The molecule has 3 heterocycles. The van der Waals surface area contributed by atoms with Crippen LogP contribution in [0, 0.1) is 5.92 Å². The number of anilines is 2. The summed E-state index contributed by atoms with van der Waals surface area (Å²) in [4.78, 5) is 17.0. The van der Waals surface area contributed by atoms with Gasteiger partial charge in [-0.2, -0.15) is 18.2 Å². The minimum atomic E-state index is -4.39. The molecule has 4 aromatic rings. The number of nitrogens with one attached hydrogen (secondary N) is 3. The van der Waals surface area contributed by atoms with E-state index in [1.807, 2.05) is 0 Å². The number of rotatable bonds is 6. The van der Waals surface area contributed by atoms with Crippen molar-refractivity contribution in [2.45, 2.75) is 19.0 Å². The van der Waals surface area contributed by atoms with Gasteiger partial charge in [-0.05, 0) is 80.4 Å². The molecule has 0 bridgehead atoms. The maximum absolute atomic E-state index is 12.9. The first-order valence-electron chi connectivity index (χ1n) is 11.8. The van der Waals surface area contributed by atoms with E-state index in [1.54, 1.807) is 47.0 Å². The van der Waals surface area contributed by atoms with Crippen molar-refractivity contribution >= 4 is 23.2 Å². The third-order valence-corrected chi connectivity index (χ3v) is 6.28. The zero-order valence-electron chi connectivity index (χ0n) is 19.3. The summed E-state index contributed by atoms with van der Waals surface area (Å²) in [6.07, 6.45) is -2.26. The van der Waals surface area contributed by atoms with E-state index in [0.29, 0.717) is 46.6 Å². The van der Waals surface area contributed by atoms with Crippen LogP contribution in [0.1, 0.15) is 28.8 Å². The van der Waals surface area contributed by atoms with E-state index in [2.05, 4.69) is 26.0 Å². The number of fused-ring (bicyclic) bond motifs is 1. The summed E-state index contributed by atoms with van der Waals surface area (Å²) in [5.41, 5.74) is 2.32. The van der Waals surface area contributed by atoms with Crippen molar-refractivity contribution in [3.8, 4) is 11.3 Å². The van der Waals surface area contributed by atoms with Gasteiger partial charge in [-0.3, -0.25) is 4.79 Å². The molecule has 2 aromatic heterocycles. The molecule has 0 atom stereocenters. The van der Waals surface area contributed by atoms with Crippen molar-refractivity contribution in [1.82, 2.24) is 25.2 Å². The average Bonchev–Trinajstić information content (AvgIpc) is 3.30. The Balaban J connectivity index is 1.28. The molecular formula is C26H25F3N6O. The number of hydrogen-bond acceptors (Lipinski definition) is 5. The first-order chi connectivity index (χ1) is 17.4. The van der Waals surface area contributed by atoms with E-state index < -0.39 is 11.7 Å². The molecule has 1 fully saturated rings. The second-order valence-corrected chi connectivity index (χ2v) is 8.80. The summed E-state index contributed by atoms with van der Waals surface area (Å²) < 4.78 is 40.3. The minimum Gasteiger partial charge on any atom is -0.352 e. The maximum Gasteiger partial charge on any atom is 0.416 e. The molecule has 10 heteroatoms. The van der Waals surface area contributed by atoms with E-state index in [0.717, 1.165) is 38.1 Å². The lowest BCUT2D eigenvalue weighted by atomic mass is 9.98. The lowest BCUT2D eigenvalue weighted by Crippen LogP contribution is -2.35. The van der Waals surface area contributed by atoms with Gasteiger partial charge in [-0.25, -0.2) is 4.52 Å². The molecule has 186 valence electrons. The molecular weight excluding hydrogens is 469 g/mol. The summed E-state index contributed by atoms with van der Waals surface area (Å²) in [6, 6.07) is 17.3. The number of pyridine rings is 1. The van der Waals surface area contributed by atoms with Crippen molar-refractivity contribution in [2.75, 3.05) is 25.0 Å². The summed E-state index contributed by atoms with van der Waals surface area (Å²) >= 11 is 0. The molecule has 0 saturated carbocycles. The highest BCUT2D eigenvalue weighted by molar-refractivity contribution is 5.94. The Morgan fingerprint density at radius 3 is 2.42 bits per heavy atom. The number of nitrogens with zero attached hydrogens (tertiary/aromatic N) is 3. The van der Waals surface area contributed by atoms with E-state index in [1.165, 1.54) is 12.1 Å². The Bertz CT molecular complexity index is 1340. The van der Waals surface area contributed by atoms with Gasteiger partial charge in [0.2, 0.25) is 5.95 Å². The second kappa shape index (κ2) is 9.98. The first-order valence-corrected chi connectivity index (χ1v) is 11.8. The van der Waals surface area contributed by atoms with Crippen molar-refractivity contribution < 1.29 is 18.0 Å². The Morgan fingerprint density at radius 2 is 1.72 bits per heavy atom. The van der Waals surface area contributed by atoms with Crippen LogP contribution in [0.3, 0.4) is 0 Å². The molecule has 1 amide bonds. The molecule has 1 aliphatic rings. The SMILES string of the molecule is O=C(NCC1CCNCC1)c1ccc(Nc2nc3cccc(-c4ccc(C(F)(F)F)cc4)n3n2)cc1. The van der Waals surface area contributed by atoms with Crippen LogP contribution in [-0.2, 0) is 6.18 Å². The average molecular weight is 495 g/mol. The monoisotopic (exact) mass is 494 g/mol. The largest absolute Gasteiger partial charge is 0.416 e. The molecule has 0 radical (unpaired) electrons. The van der Waals surface area contributed by atoms with Crippen LogP contribution in [-0.4, -0.2) is 40.1 Å². The van der Waals surface area contributed by atoms with Crippen LogP contribution >= 0.6 is 0 Å². The Kier molecular flexibility index (Phi) is 6.60. The number of aromatic nitrogens is 3. The van der Waals surface area contributed by atoms with E-state index in [9.17, 15) is 18.0 Å². The Hall–Kier alpha value is -3.92.